The van der Waals surface area contributed by atoms with Crippen LogP contribution in [0.15, 0.2) is 65.2 Å². The molecule has 0 fully saturated rings. The number of benzene rings is 1. The summed E-state index contributed by atoms with van der Waals surface area (Å²) in [5.74, 6) is 0.286. The summed E-state index contributed by atoms with van der Waals surface area (Å²) in [7, 11) is 1.92. The number of nitrogens with two attached hydrogens (primary N) is 1. The van der Waals surface area contributed by atoms with Crippen molar-refractivity contribution in [1.29, 1.82) is 0 Å². The fourth-order valence-corrected chi connectivity index (χ4v) is 2.25. The molecule has 0 saturated carbocycles. The standard InChI is InChI=1S/C17H16F3N6.ClH/c1-25-7-5-12(6-8-25)11-26-16(21)15(10-22-26)24-23-14-4-2-3-13(9-14)17(18,19)20;/h2-10H,11,21H2,1H3;1H/q+1;/p-1/b24-23+;. The molecule has 0 aliphatic rings. The predicted molar refractivity (Wildman–Crippen MR) is 89.0 cm³/mol. The van der Waals surface area contributed by atoms with E-state index in [0.717, 1.165) is 17.7 Å². The van der Waals surface area contributed by atoms with Crippen molar-refractivity contribution in [3.05, 3.63) is 66.1 Å². The van der Waals surface area contributed by atoms with Crippen LogP contribution in [0.5, 0.6) is 0 Å². The third-order valence-corrected chi connectivity index (χ3v) is 3.69. The molecule has 1 aromatic carbocycles. The van der Waals surface area contributed by atoms with Crippen LogP contribution in [0.1, 0.15) is 11.1 Å². The molecule has 0 bridgehead atoms. The maximum absolute atomic E-state index is 12.7. The average molecular weight is 397 g/mol. The smallest absolute Gasteiger partial charge is 0.416 e. The van der Waals surface area contributed by atoms with Crippen molar-refractivity contribution in [2.45, 2.75) is 12.7 Å². The Morgan fingerprint density at radius 3 is 2.52 bits per heavy atom. The van der Waals surface area contributed by atoms with Crippen LogP contribution in [0.25, 0.3) is 0 Å². The van der Waals surface area contributed by atoms with Crippen LogP contribution in [0.2, 0.25) is 0 Å². The molecule has 3 rings (SSSR count). The Bertz CT molecular complexity index is 935. The second kappa shape index (κ2) is 8.17. The molecule has 0 atom stereocenters. The third kappa shape index (κ3) is 5.04. The van der Waals surface area contributed by atoms with E-state index in [1.807, 2.05) is 36.1 Å². The maximum Gasteiger partial charge on any atom is 0.416 e. The fourth-order valence-electron chi connectivity index (χ4n) is 2.25. The summed E-state index contributed by atoms with van der Waals surface area (Å²) < 4.78 is 41.6. The minimum absolute atomic E-state index is 0. The lowest BCUT2D eigenvalue weighted by Crippen LogP contribution is -3.00. The Morgan fingerprint density at radius 2 is 1.85 bits per heavy atom. The molecule has 3 aromatic rings. The van der Waals surface area contributed by atoms with E-state index < -0.39 is 11.7 Å². The number of alkyl halides is 3. The first-order valence-corrected chi connectivity index (χ1v) is 7.67. The first-order valence-electron chi connectivity index (χ1n) is 7.67. The van der Waals surface area contributed by atoms with Gasteiger partial charge in [-0.1, -0.05) is 6.07 Å². The molecule has 0 spiro atoms. The van der Waals surface area contributed by atoms with Crippen LogP contribution in [0, 0.1) is 0 Å². The number of hydrogen-bond acceptors (Lipinski definition) is 4. The van der Waals surface area contributed by atoms with E-state index in [2.05, 4.69) is 15.3 Å². The van der Waals surface area contributed by atoms with Crippen molar-refractivity contribution >= 4 is 17.2 Å². The summed E-state index contributed by atoms with van der Waals surface area (Å²) in [4.78, 5) is 0. The molecule has 0 aliphatic carbocycles. The van der Waals surface area contributed by atoms with Gasteiger partial charge >= 0.3 is 6.18 Å². The lowest BCUT2D eigenvalue weighted by atomic mass is 10.2. The normalized spacial score (nSPS) is 11.6. The van der Waals surface area contributed by atoms with Crippen LogP contribution < -0.4 is 22.7 Å². The van der Waals surface area contributed by atoms with Crippen molar-refractivity contribution in [3.63, 3.8) is 0 Å². The second-order valence-electron chi connectivity index (χ2n) is 5.69. The highest BCUT2D eigenvalue weighted by atomic mass is 35.5. The first-order chi connectivity index (χ1) is 12.3. The van der Waals surface area contributed by atoms with E-state index in [-0.39, 0.29) is 23.9 Å². The summed E-state index contributed by atoms with van der Waals surface area (Å²) in [5, 5.41) is 11.9. The third-order valence-electron chi connectivity index (χ3n) is 3.69. The van der Waals surface area contributed by atoms with Crippen LogP contribution >= 0.6 is 0 Å². The first kappa shape index (κ1) is 20.4. The van der Waals surface area contributed by atoms with E-state index in [1.165, 1.54) is 18.3 Å². The molecule has 0 unspecified atom stereocenters. The Labute approximate surface area is 159 Å². The summed E-state index contributed by atoms with van der Waals surface area (Å²) in [6, 6.07) is 8.48. The molecular formula is C17H16ClF3N6. The number of nitrogens with zero attached hydrogens (tertiary/aromatic N) is 5. The Kier molecular flexibility index (Phi) is 6.17. The van der Waals surface area contributed by atoms with Gasteiger partial charge in [-0.05, 0) is 23.8 Å². The van der Waals surface area contributed by atoms with E-state index >= 15 is 0 Å². The van der Waals surface area contributed by atoms with Crippen LogP contribution in [-0.4, -0.2) is 9.78 Å². The van der Waals surface area contributed by atoms with Gasteiger partial charge in [0.2, 0.25) is 0 Å². The topological polar surface area (TPSA) is 72.4 Å². The van der Waals surface area contributed by atoms with E-state index in [9.17, 15) is 13.2 Å². The van der Waals surface area contributed by atoms with Gasteiger partial charge in [0.05, 0.1) is 24.0 Å². The summed E-state index contributed by atoms with van der Waals surface area (Å²) in [5.41, 5.74) is 6.60. The van der Waals surface area contributed by atoms with Gasteiger partial charge in [0.25, 0.3) is 0 Å². The fraction of sp³-hybridized carbons (Fsp3) is 0.176. The number of nitrogen functional groups attached to an aromatic ring is 1. The average Bonchev–Trinajstić information content (AvgIpc) is 2.95. The quantitative estimate of drug-likeness (QED) is 0.523. The molecule has 0 saturated heterocycles. The lowest BCUT2D eigenvalue weighted by Gasteiger charge is -2.06. The van der Waals surface area contributed by atoms with Gasteiger partial charge < -0.3 is 18.1 Å². The molecule has 142 valence electrons. The number of pyridine rings is 1. The van der Waals surface area contributed by atoms with Crippen molar-refractivity contribution in [2.75, 3.05) is 5.73 Å². The highest BCUT2D eigenvalue weighted by Gasteiger charge is 2.30. The van der Waals surface area contributed by atoms with Gasteiger partial charge in [0.1, 0.15) is 18.6 Å². The van der Waals surface area contributed by atoms with Crippen molar-refractivity contribution in [1.82, 2.24) is 9.78 Å². The molecule has 0 aliphatic heterocycles. The number of anilines is 1. The van der Waals surface area contributed by atoms with Gasteiger partial charge in [0, 0.05) is 12.1 Å². The lowest BCUT2D eigenvalue weighted by molar-refractivity contribution is -0.671. The number of aryl methyl sites for hydroxylation is 1. The van der Waals surface area contributed by atoms with E-state index in [1.54, 1.807) is 4.68 Å². The Balaban J connectivity index is 0.00000261. The SMILES string of the molecule is C[n+]1ccc(Cn2ncc(/N=N/c3cccc(C(F)(F)F)c3)c2N)cc1.[Cl-]. The van der Waals surface area contributed by atoms with E-state index in [0.29, 0.717) is 12.2 Å². The number of hydrogen-bond donors (Lipinski definition) is 1. The number of aromatic nitrogens is 3. The van der Waals surface area contributed by atoms with E-state index in [4.69, 9.17) is 5.73 Å². The molecule has 0 radical (unpaired) electrons. The number of halogens is 4. The minimum atomic E-state index is -4.43. The number of rotatable bonds is 4. The Hall–Kier alpha value is -2.94. The molecular weight excluding hydrogens is 381 g/mol. The molecule has 2 heterocycles. The monoisotopic (exact) mass is 396 g/mol. The van der Waals surface area contributed by atoms with Gasteiger partial charge in [-0.15, -0.1) is 5.11 Å². The zero-order chi connectivity index (χ0) is 18.7. The summed E-state index contributed by atoms with van der Waals surface area (Å²) in [6.07, 6.45) is 0.809. The molecule has 2 N–H and O–H groups in total. The zero-order valence-electron chi connectivity index (χ0n) is 14.2. The van der Waals surface area contributed by atoms with Gasteiger partial charge in [-0.3, -0.25) is 0 Å². The Morgan fingerprint density at radius 1 is 1.15 bits per heavy atom. The van der Waals surface area contributed by atoms with Gasteiger partial charge in [-0.2, -0.15) is 23.4 Å². The molecule has 2 aromatic heterocycles. The molecule has 10 heteroatoms. The van der Waals surface area contributed by atoms with Crippen LogP contribution in [0.4, 0.5) is 30.4 Å². The second-order valence-corrected chi connectivity index (χ2v) is 5.69. The zero-order valence-corrected chi connectivity index (χ0v) is 15.0. The van der Waals surface area contributed by atoms with Crippen LogP contribution in [0.3, 0.4) is 0 Å². The van der Waals surface area contributed by atoms with Crippen molar-refractivity contribution in [2.24, 2.45) is 17.3 Å². The van der Waals surface area contributed by atoms with Gasteiger partial charge in [0.15, 0.2) is 12.4 Å². The summed E-state index contributed by atoms with van der Waals surface area (Å²) >= 11 is 0. The largest absolute Gasteiger partial charge is 1.00 e. The van der Waals surface area contributed by atoms with Crippen LogP contribution in [-0.2, 0) is 19.8 Å². The minimum Gasteiger partial charge on any atom is -1.00 e. The molecule has 6 nitrogen and oxygen atoms in total. The summed E-state index contributed by atoms with van der Waals surface area (Å²) in [6.45, 7) is 0.450. The van der Waals surface area contributed by atoms with Crippen molar-refractivity contribution in [3.8, 4) is 0 Å². The predicted octanol–water partition coefficient (Wildman–Crippen LogP) is 0.776. The number of azo groups is 1. The molecule has 0 amide bonds. The highest BCUT2D eigenvalue weighted by molar-refractivity contribution is 5.56. The van der Waals surface area contributed by atoms with Crippen molar-refractivity contribution < 1.29 is 30.1 Å². The maximum atomic E-state index is 12.7. The highest BCUT2D eigenvalue weighted by Crippen LogP contribution is 2.32. The molecule has 27 heavy (non-hydrogen) atoms. The van der Waals surface area contributed by atoms with Gasteiger partial charge in [-0.25, -0.2) is 9.25 Å².